The molecule has 2 rings (SSSR count). The van der Waals surface area contributed by atoms with Gasteiger partial charge in [0.25, 0.3) is 10.0 Å². The van der Waals surface area contributed by atoms with Crippen molar-refractivity contribution in [1.29, 1.82) is 0 Å². The maximum atomic E-state index is 12.7. The van der Waals surface area contributed by atoms with Crippen molar-refractivity contribution < 1.29 is 17.9 Å². The lowest BCUT2D eigenvalue weighted by atomic mass is 10.2. The molecule has 0 heterocycles. The average Bonchev–Trinajstić information content (AvgIpc) is 2.49. The van der Waals surface area contributed by atoms with E-state index in [4.69, 9.17) is 9.47 Å². The van der Waals surface area contributed by atoms with Crippen LogP contribution in [0.4, 0.5) is 5.69 Å². The lowest BCUT2D eigenvalue weighted by Gasteiger charge is -2.16. The summed E-state index contributed by atoms with van der Waals surface area (Å²) in [6.45, 7) is 3.60. The summed E-state index contributed by atoms with van der Waals surface area (Å²) in [5, 5.41) is 0. The molecule has 118 valence electrons. The molecule has 0 saturated heterocycles. The van der Waals surface area contributed by atoms with Gasteiger partial charge in [-0.1, -0.05) is 18.2 Å². The first-order valence-electron chi connectivity index (χ1n) is 6.70. The summed E-state index contributed by atoms with van der Waals surface area (Å²) in [6.07, 6.45) is 0. The highest BCUT2D eigenvalue weighted by molar-refractivity contribution is 7.92. The Morgan fingerprint density at radius 1 is 0.955 bits per heavy atom. The number of benzene rings is 2. The Bertz CT molecular complexity index is 785. The third-order valence-electron chi connectivity index (χ3n) is 3.42. The number of aryl methyl sites for hydroxylation is 1. The monoisotopic (exact) mass is 321 g/mol. The maximum absolute atomic E-state index is 12.7. The van der Waals surface area contributed by atoms with Gasteiger partial charge in [0.05, 0.1) is 19.9 Å². The first kappa shape index (κ1) is 16.2. The number of ether oxygens (including phenoxy) is 2. The molecule has 0 amide bonds. The van der Waals surface area contributed by atoms with Crippen LogP contribution < -0.4 is 14.2 Å². The molecule has 0 bridgehead atoms. The Hall–Kier alpha value is -2.21. The van der Waals surface area contributed by atoms with Gasteiger partial charge in [0.15, 0.2) is 0 Å². The predicted molar refractivity (Wildman–Crippen MR) is 86.3 cm³/mol. The first-order chi connectivity index (χ1) is 10.4. The van der Waals surface area contributed by atoms with Crippen LogP contribution in [0.25, 0.3) is 0 Å². The Labute approximate surface area is 130 Å². The molecule has 0 radical (unpaired) electrons. The van der Waals surface area contributed by atoms with Crippen LogP contribution in [0, 0.1) is 13.8 Å². The third-order valence-corrected chi connectivity index (χ3v) is 4.81. The second-order valence-corrected chi connectivity index (χ2v) is 6.50. The molecular weight excluding hydrogens is 302 g/mol. The van der Waals surface area contributed by atoms with Crippen LogP contribution in [-0.2, 0) is 10.0 Å². The minimum Gasteiger partial charge on any atom is -0.496 e. The van der Waals surface area contributed by atoms with E-state index in [1.807, 2.05) is 19.1 Å². The van der Waals surface area contributed by atoms with Crippen LogP contribution in [0.5, 0.6) is 11.5 Å². The summed E-state index contributed by atoms with van der Waals surface area (Å²) in [4.78, 5) is 0.0801. The minimum absolute atomic E-state index is 0.0801. The van der Waals surface area contributed by atoms with Crippen LogP contribution in [0.15, 0.2) is 41.3 Å². The van der Waals surface area contributed by atoms with Crippen molar-refractivity contribution in [2.75, 3.05) is 18.9 Å². The van der Waals surface area contributed by atoms with E-state index in [2.05, 4.69) is 4.72 Å². The second-order valence-electron chi connectivity index (χ2n) is 4.84. The standard InChI is InChI=1S/C16H19NO4S/c1-11-7-5-6-8-13(11)17-22(18,19)15-10-9-14(20-3)12(2)16(15)21-4/h5-10,17H,1-4H3. The fourth-order valence-electron chi connectivity index (χ4n) is 2.22. The molecular formula is C16H19NO4S. The summed E-state index contributed by atoms with van der Waals surface area (Å²) in [6, 6.07) is 10.3. The van der Waals surface area contributed by atoms with Crippen molar-refractivity contribution >= 4 is 15.7 Å². The molecule has 22 heavy (non-hydrogen) atoms. The molecule has 0 fully saturated rings. The minimum atomic E-state index is -3.76. The maximum Gasteiger partial charge on any atom is 0.265 e. The van der Waals surface area contributed by atoms with Crippen molar-refractivity contribution in [3.8, 4) is 11.5 Å². The number of nitrogens with one attached hydrogen (secondary N) is 1. The van der Waals surface area contributed by atoms with Gasteiger partial charge in [-0.2, -0.15) is 0 Å². The van der Waals surface area contributed by atoms with Crippen molar-refractivity contribution in [2.45, 2.75) is 18.7 Å². The molecule has 0 unspecified atom stereocenters. The topological polar surface area (TPSA) is 64.6 Å². The van der Waals surface area contributed by atoms with E-state index in [0.717, 1.165) is 5.56 Å². The van der Waals surface area contributed by atoms with E-state index in [1.165, 1.54) is 20.3 Å². The van der Waals surface area contributed by atoms with Gasteiger partial charge >= 0.3 is 0 Å². The normalized spacial score (nSPS) is 11.1. The largest absolute Gasteiger partial charge is 0.496 e. The zero-order valence-corrected chi connectivity index (χ0v) is 13.8. The lowest BCUT2D eigenvalue weighted by Crippen LogP contribution is -2.15. The number of sulfonamides is 1. The number of anilines is 1. The Kier molecular flexibility index (Phi) is 4.61. The number of methoxy groups -OCH3 is 2. The quantitative estimate of drug-likeness (QED) is 0.919. The molecule has 0 aliphatic heterocycles. The third kappa shape index (κ3) is 3.01. The lowest BCUT2D eigenvalue weighted by molar-refractivity contribution is 0.380. The van der Waals surface area contributed by atoms with E-state index in [1.54, 1.807) is 25.1 Å². The van der Waals surface area contributed by atoms with Crippen LogP contribution in [0.3, 0.4) is 0 Å². The smallest absolute Gasteiger partial charge is 0.265 e. The number of para-hydroxylation sites is 1. The number of hydrogen-bond donors (Lipinski definition) is 1. The molecule has 1 N–H and O–H groups in total. The Balaban J connectivity index is 2.50. The highest BCUT2D eigenvalue weighted by Gasteiger charge is 2.23. The zero-order valence-electron chi connectivity index (χ0n) is 13.0. The van der Waals surface area contributed by atoms with Crippen molar-refractivity contribution in [2.24, 2.45) is 0 Å². The Morgan fingerprint density at radius 3 is 2.23 bits per heavy atom. The molecule has 0 spiro atoms. The molecule has 0 aromatic heterocycles. The van der Waals surface area contributed by atoms with E-state index >= 15 is 0 Å². The summed E-state index contributed by atoms with van der Waals surface area (Å²) < 4.78 is 38.4. The predicted octanol–water partition coefficient (Wildman–Crippen LogP) is 3.12. The van der Waals surface area contributed by atoms with E-state index < -0.39 is 10.0 Å². The molecule has 6 heteroatoms. The first-order valence-corrected chi connectivity index (χ1v) is 8.19. The van der Waals surface area contributed by atoms with Crippen LogP contribution in [0.2, 0.25) is 0 Å². The van der Waals surface area contributed by atoms with E-state index in [0.29, 0.717) is 17.0 Å². The summed E-state index contributed by atoms with van der Waals surface area (Å²) in [7, 11) is -0.788. The molecule has 0 aliphatic rings. The fraction of sp³-hybridized carbons (Fsp3) is 0.250. The molecule has 0 saturated carbocycles. The van der Waals surface area contributed by atoms with Crippen LogP contribution in [0.1, 0.15) is 11.1 Å². The summed E-state index contributed by atoms with van der Waals surface area (Å²) in [5.74, 6) is 0.854. The van der Waals surface area contributed by atoms with E-state index in [-0.39, 0.29) is 10.6 Å². The zero-order chi connectivity index (χ0) is 16.3. The summed E-state index contributed by atoms with van der Waals surface area (Å²) in [5.41, 5.74) is 2.02. The molecule has 2 aromatic carbocycles. The molecule has 0 atom stereocenters. The van der Waals surface area contributed by atoms with Gasteiger partial charge in [-0.15, -0.1) is 0 Å². The second kappa shape index (κ2) is 6.27. The van der Waals surface area contributed by atoms with Crippen LogP contribution >= 0.6 is 0 Å². The molecule has 5 nitrogen and oxygen atoms in total. The van der Waals surface area contributed by atoms with Gasteiger partial charge in [0.1, 0.15) is 16.4 Å². The number of hydrogen-bond acceptors (Lipinski definition) is 4. The van der Waals surface area contributed by atoms with Crippen molar-refractivity contribution in [3.63, 3.8) is 0 Å². The fourth-order valence-corrected chi connectivity index (χ4v) is 3.58. The van der Waals surface area contributed by atoms with Gasteiger partial charge in [0, 0.05) is 5.56 Å². The van der Waals surface area contributed by atoms with Gasteiger partial charge in [-0.25, -0.2) is 8.42 Å². The van der Waals surface area contributed by atoms with Crippen molar-refractivity contribution in [1.82, 2.24) is 0 Å². The van der Waals surface area contributed by atoms with Crippen LogP contribution in [-0.4, -0.2) is 22.6 Å². The van der Waals surface area contributed by atoms with E-state index in [9.17, 15) is 8.42 Å². The van der Waals surface area contributed by atoms with Gasteiger partial charge in [-0.05, 0) is 37.6 Å². The number of rotatable bonds is 5. The van der Waals surface area contributed by atoms with Gasteiger partial charge < -0.3 is 9.47 Å². The SMILES string of the molecule is COc1ccc(S(=O)(=O)Nc2ccccc2C)c(OC)c1C. The highest BCUT2D eigenvalue weighted by Crippen LogP contribution is 2.35. The molecule has 0 aliphatic carbocycles. The van der Waals surface area contributed by atoms with Gasteiger partial charge in [-0.3, -0.25) is 4.72 Å². The van der Waals surface area contributed by atoms with Crippen molar-refractivity contribution in [3.05, 3.63) is 47.5 Å². The molecule has 2 aromatic rings. The average molecular weight is 321 g/mol. The highest BCUT2D eigenvalue weighted by atomic mass is 32.2. The van der Waals surface area contributed by atoms with Gasteiger partial charge in [0.2, 0.25) is 0 Å². The summed E-state index contributed by atoms with van der Waals surface area (Å²) >= 11 is 0. The Morgan fingerprint density at radius 2 is 1.64 bits per heavy atom.